The van der Waals surface area contributed by atoms with Crippen LogP contribution >= 0.6 is 0 Å². The zero-order chi connectivity index (χ0) is 0. The van der Waals surface area contributed by atoms with Gasteiger partial charge in [0.15, 0.2) is 0 Å². The quantitative estimate of drug-likeness (QED) is 0.264. The van der Waals surface area contributed by atoms with E-state index in [9.17, 15) is 0 Å². The summed E-state index contributed by atoms with van der Waals surface area (Å²) in [6.07, 6.45) is 0. The van der Waals surface area contributed by atoms with E-state index in [0.29, 0.717) is 0 Å². The molecule has 0 fully saturated rings. The van der Waals surface area contributed by atoms with Crippen molar-refractivity contribution in [3.8, 4) is 0 Å². The molecule has 0 spiro atoms. The second kappa shape index (κ2) is 24.1. The van der Waals surface area contributed by atoms with E-state index in [-0.39, 0.29) is 126 Å². The van der Waals surface area contributed by atoms with E-state index >= 15 is 0 Å². The summed E-state index contributed by atoms with van der Waals surface area (Å²) in [5.41, 5.74) is 0. The molecule has 0 heterocycles. The van der Waals surface area contributed by atoms with Crippen LogP contribution in [0, 0.1) is 0 Å². The summed E-state index contributed by atoms with van der Waals surface area (Å²) in [6, 6.07) is 0. The summed E-state index contributed by atoms with van der Waals surface area (Å²) in [4.78, 5) is 0. The Morgan fingerprint density at radius 3 is 1.00 bits per heavy atom. The molecule has 0 aliphatic carbocycles. The summed E-state index contributed by atoms with van der Waals surface area (Å²) < 4.78 is 0. The van der Waals surface area contributed by atoms with E-state index in [1.165, 1.54) is 0 Å². The normalized spacial score (nSPS) is 0. The van der Waals surface area contributed by atoms with Crippen LogP contribution in [0.1, 0.15) is 0 Å². The average molecular weight is 758 g/mol. The van der Waals surface area contributed by atoms with Gasteiger partial charge in [-0.15, -0.1) is 0 Å². The Kier molecular flexibility index (Phi) is 169. The number of hydrogen-bond donors (Lipinski definition) is 0. The number of hydrogen-bond acceptors (Lipinski definition) is 0. The van der Waals surface area contributed by atoms with Crippen LogP contribution in [0.25, 0.3) is 0 Å². The third kappa shape index (κ3) is 17.9. The zero-order valence-corrected chi connectivity index (χ0v) is 17.3. The van der Waals surface area contributed by atoms with Crippen LogP contribution in [0.3, 0.4) is 0 Å². The van der Waals surface area contributed by atoms with Gasteiger partial charge in [0, 0.05) is 126 Å². The molecule has 0 aromatic heterocycles. The topological polar surface area (TPSA) is 0 Å². The van der Waals surface area contributed by atoms with Crippen LogP contribution in [0.4, 0.5) is 0 Å². The SMILES string of the molecule is [Ag].[Bi].[In].[Pb].[Sn]. The fraction of sp³-hybridized carbons (Fsp3) is 0. The molecule has 0 aliphatic heterocycles. The van der Waals surface area contributed by atoms with Gasteiger partial charge in [-0.3, -0.25) is 0 Å². The van der Waals surface area contributed by atoms with Crippen molar-refractivity contribution in [1.82, 2.24) is 0 Å². The molecule has 0 atom stereocenters. The minimum Gasteiger partial charge on any atom is 0 e. The fourth-order valence-electron chi connectivity index (χ4n) is 0. The maximum absolute atomic E-state index is 0. The Morgan fingerprint density at radius 2 is 1.00 bits per heavy atom. The minimum atomic E-state index is 0. The van der Waals surface area contributed by atoms with E-state index in [2.05, 4.69) is 0 Å². The van der Waals surface area contributed by atoms with Gasteiger partial charge >= 0.3 is 0 Å². The van der Waals surface area contributed by atoms with Crippen molar-refractivity contribution < 1.29 is 22.4 Å². The van der Waals surface area contributed by atoms with E-state index < -0.39 is 0 Å². The van der Waals surface area contributed by atoms with Crippen molar-refractivity contribution in [3.05, 3.63) is 0 Å². The molecule has 0 bridgehead atoms. The Balaban J connectivity index is 0. The third-order valence-electron chi connectivity index (χ3n) is 0. The van der Waals surface area contributed by atoms with Crippen LogP contribution < -0.4 is 0 Å². The second-order valence-electron chi connectivity index (χ2n) is 0. The van der Waals surface area contributed by atoms with Crippen LogP contribution in [-0.2, 0) is 22.4 Å². The molecule has 5 heavy (non-hydrogen) atoms. The van der Waals surface area contributed by atoms with Crippen LogP contribution in [0.15, 0.2) is 0 Å². The average Bonchev–Trinajstić information content (AvgIpc) is 0. The van der Waals surface area contributed by atoms with Gasteiger partial charge in [-0.1, -0.05) is 0 Å². The predicted molar refractivity (Wildman–Crippen MR) is 23.0 cm³/mol. The van der Waals surface area contributed by atoms with Gasteiger partial charge in [0.2, 0.25) is 0 Å². The maximum atomic E-state index is 0. The van der Waals surface area contributed by atoms with Crippen molar-refractivity contribution in [2.75, 3.05) is 0 Å². The Morgan fingerprint density at radius 1 is 1.00 bits per heavy atom. The summed E-state index contributed by atoms with van der Waals surface area (Å²) in [7, 11) is 0. The molecule has 0 unspecified atom stereocenters. The van der Waals surface area contributed by atoms with Gasteiger partial charge in [0.05, 0.1) is 0 Å². The van der Waals surface area contributed by atoms with Gasteiger partial charge in [-0.25, -0.2) is 0 Å². The van der Waals surface area contributed by atoms with Crippen LogP contribution in [0.5, 0.6) is 0 Å². The second-order valence-corrected chi connectivity index (χ2v) is 0. The van der Waals surface area contributed by atoms with Crippen molar-refractivity contribution in [3.63, 3.8) is 0 Å². The van der Waals surface area contributed by atoms with E-state index in [1.807, 2.05) is 0 Å². The van der Waals surface area contributed by atoms with Crippen molar-refractivity contribution in [2.24, 2.45) is 0 Å². The standard InChI is InChI=1S/Ag.Bi.In.Pb.Sn. The molecule has 0 rings (SSSR count). The summed E-state index contributed by atoms with van der Waals surface area (Å²) in [5.74, 6) is 0. The molecular weight excluding hydrogens is 758 g/mol. The molecule has 5 heteroatoms. The molecule has 0 aromatic carbocycles. The first-order valence-corrected chi connectivity index (χ1v) is 0. The van der Waals surface area contributed by atoms with E-state index in [1.54, 1.807) is 0 Å². The molecule has 27 valence electrons. The molecule has 0 aromatic rings. The first kappa shape index (κ1) is 35.0. The van der Waals surface area contributed by atoms with Crippen LogP contribution in [-0.4, -0.2) is 103 Å². The summed E-state index contributed by atoms with van der Waals surface area (Å²) in [6.45, 7) is 0. The molecular formula is AgBiInPbSn. The van der Waals surface area contributed by atoms with Gasteiger partial charge in [-0.05, 0) is 0 Å². The molecule has 0 N–H and O–H groups in total. The number of rotatable bonds is 0. The molecule has 0 aliphatic rings. The largest absolute Gasteiger partial charge is 0 e. The van der Waals surface area contributed by atoms with Gasteiger partial charge in [-0.2, -0.15) is 0 Å². The summed E-state index contributed by atoms with van der Waals surface area (Å²) >= 11 is 0. The van der Waals surface area contributed by atoms with Gasteiger partial charge < -0.3 is 0 Å². The molecule has 0 saturated heterocycles. The van der Waals surface area contributed by atoms with Gasteiger partial charge in [0.25, 0.3) is 0 Å². The minimum absolute atomic E-state index is 0. The first-order chi connectivity index (χ1) is 0. The van der Waals surface area contributed by atoms with Crippen molar-refractivity contribution in [2.45, 2.75) is 0 Å². The Labute approximate surface area is 123 Å². The Hall–Kier alpha value is 4.21. The van der Waals surface area contributed by atoms with E-state index in [0.717, 1.165) is 0 Å². The first-order valence-electron chi connectivity index (χ1n) is 0. The molecule has 15 radical (unpaired) electrons. The van der Waals surface area contributed by atoms with Crippen molar-refractivity contribution >= 4 is 103 Å². The van der Waals surface area contributed by atoms with Crippen molar-refractivity contribution in [1.29, 1.82) is 0 Å². The molecule has 0 amide bonds. The van der Waals surface area contributed by atoms with E-state index in [4.69, 9.17) is 0 Å². The molecule has 0 saturated carbocycles. The summed E-state index contributed by atoms with van der Waals surface area (Å²) in [5, 5.41) is 0. The van der Waals surface area contributed by atoms with Crippen LogP contribution in [0.2, 0.25) is 0 Å². The predicted octanol–water partition coefficient (Wildman–Crippen LogP) is -1.53. The fourth-order valence-corrected chi connectivity index (χ4v) is 0. The monoisotopic (exact) mass is 759 g/mol. The zero-order valence-electron chi connectivity index (χ0n) is 2.33. The smallest absolute Gasteiger partial charge is 0 e. The molecule has 0 nitrogen and oxygen atoms in total. The third-order valence-corrected chi connectivity index (χ3v) is 0. The van der Waals surface area contributed by atoms with Gasteiger partial charge in [0.1, 0.15) is 0 Å². The maximum Gasteiger partial charge on any atom is 0 e. The Bertz CT molecular complexity index is 11.6.